The molecule has 11 aromatic carbocycles. The molecule has 0 aliphatic heterocycles. The third-order valence-corrected chi connectivity index (χ3v) is 13.0. The Balaban J connectivity index is 0.998. The van der Waals surface area contributed by atoms with Crippen LogP contribution < -0.4 is 0 Å². The van der Waals surface area contributed by atoms with Crippen LogP contribution in [0.2, 0.25) is 0 Å². The summed E-state index contributed by atoms with van der Waals surface area (Å²) >= 11 is 0. The molecular weight excluding hydrogens is 685 g/mol. The van der Waals surface area contributed by atoms with Crippen molar-refractivity contribution in [2.24, 2.45) is 0 Å². The highest BCUT2D eigenvalue weighted by Crippen LogP contribution is 2.50. The van der Waals surface area contributed by atoms with Crippen molar-refractivity contribution in [2.45, 2.75) is 19.3 Å². The van der Waals surface area contributed by atoms with E-state index < -0.39 is 0 Å². The summed E-state index contributed by atoms with van der Waals surface area (Å²) in [6.07, 6.45) is 0. The summed E-state index contributed by atoms with van der Waals surface area (Å²) in [6.45, 7) is 4.71. The van der Waals surface area contributed by atoms with Gasteiger partial charge in [0, 0.05) is 5.41 Å². The second kappa shape index (κ2) is 12.0. The quantitative estimate of drug-likeness (QED) is 0.159. The lowest BCUT2D eigenvalue weighted by atomic mass is 9.81. The molecule has 0 heterocycles. The molecule has 0 amide bonds. The minimum atomic E-state index is -0.0262. The first-order valence-corrected chi connectivity index (χ1v) is 20.1. The van der Waals surface area contributed by atoms with Crippen molar-refractivity contribution in [1.82, 2.24) is 0 Å². The molecule has 57 heavy (non-hydrogen) atoms. The van der Waals surface area contributed by atoms with E-state index in [1.807, 2.05) is 0 Å². The summed E-state index contributed by atoms with van der Waals surface area (Å²) in [5, 5.41) is 15.4. The Hall–Kier alpha value is -7.02. The highest BCUT2D eigenvalue weighted by Gasteiger charge is 2.35. The van der Waals surface area contributed by atoms with Gasteiger partial charge in [-0.3, -0.25) is 0 Å². The molecule has 12 rings (SSSR count). The fourth-order valence-electron chi connectivity index (χ4n) is 10.2. The first-order chi connectivity index (χ1) is 28.0. The highest BCUT2D eigenvalue weighted by molar-refractivity contribution is 6.29. The first kappa shape index (κ1) is 32.2. The molecule has 0 unspecified atom stereocenters. The van der Waals surface area contributed by atoms with Crippen LogP contribution in [-0.4, -0.2) is 0 Å². The van der Waals surface area contributed by atoms with E-state index in [9.17, 15) is 0 Å². The summed E-state index contributed by atoms with van der Waals surface area (Å²) in [6, 6.07) is 72.8. The summed E-state index contributed by atoms with van der Waals surface area (Å²) in [5.41, 5.74) is 13.0. The van der Waals surface area contributed by atoms with E-state index in [1.54, 1.807) is 0 Å². The van der Waals surface area contributed by atoms with Crippen LogP contribution in [0.1, 0.15) is 25.0 Å². The van der Waals surface area contributed by atoms with Crippen LogP contribution in [0.15, 0.2) is 194 Å². The van der Waals surface area contributed by atoms with E-state index in [0.717, 1.165) is 0 Å². The molecule has 0 N–H and O–H groups in total. The van der Waals surface area contributed by atoms with E-state index in [1.165, 1.54) is 120 Å². The predicted octanol–water partition coefficient (Wildman–Crippen LogP) is 15.9. The molecule has 0 radical (unpaired) electrons. The van der Waals surface area contributed by atoms with Crippen molar-refractivity contribution in [1.29, 1.82) is 0 Å². The van der Waals surface area contributed by atoms with Gasteiger partial charge in [0.05, 0.1) is 0 Å². The molecule has 1 aliphatic carbocycles. The van der Waals surface area contributed by atoms with Crippen LogP contribution in [0.4, 0.5) is 0 Å². The average molecular weight is 723 g/mol. The smallest absolute Gasteiger partial charge is 0.0159 e. The standard InChI is InChI=1S/C57H38/c1-57(2)53-18-10-9-16-49(53)50-28-27-39(34-54(50)57)38-24-19-35-20-25-40(32-42(35)31-38)43-29-30-48(46-14-6-5-13-45(43)46)52-33-41-26-23-37-22-21-36-11-3-4-12-44(36)55(37)56(41)51-17-8-7-15-47(51)52/h3-34H,1-2H3. The maximum absolute atomic E-state index is 2.43. The maximum atomic E-state index is 2.43. The van der Waals surface area contributed by atoms with E-state index >= 15 is 0 Å². The molecule has 11 aromatic rings. The third-order valence-electron chi connectivity index (χ3n) is 13.0. The SMILES string of the molecule is CC1(C)c2ccccc2-c2ccc(-c3ccc4ccc(-c5ccc(-c6cc7ccc8ccc9ccccc9c8c7c7ccccc67)c6ccccc56)cc4c3)cc21. The second-order valence-corrected chi connectivity index (χ2v) is 16.4. The minimum absolute atomic E-state index is 0.0262. The molecule has 0 fully saturated rings. The van der Waals surface area contributed by atoms with Crippen LogP contribution in [0, 0.1) is 0 Å². The predicted molar refractivity (Wildman–Crippen MR) is 245 cm³/mol. The number of hydrogen-bond donors (Lipinski definition) is 0. The zero-order valence-electron chi connectivity index (χ0n) is 32.0. The number of fused-ring (bicyclic) bond motifs is 12. The normalized spacial score (nSPS) is 13.2. The molecule has 1 aliphatic rings. The van der Waals surface area contributed by atoms with Gasteiger partial charge in [0.15, 0.2) is 0 Å². The van der Waals surface area contributed by atoms with Gasteiger partial charge in [0.1, 0.15) is 0 Å². The Kier molecular flexibility index (Phi) is 6.78. The highest BCUT2D eigenvalue weighted by atomic mass is 14.4. The zero-order valence-corrected chi connectivity index (χ0v) is 32.0. The molecule has 0 aromatic heterocycles. The number of benzene rings is 11. The Morgan fingerprint density at radius 1 is 0.263 bits per heavy atom. The van der Waals surface area contributed by atoms with Crippen molar-refractivity contribution in [3.8, 4) is 44.5 Å². The van der Waals surface area contributed by atoms with Gasteiger partial charge in [-0.15, -0.1) is 0 Å². The molecular formula is C57H38. The molecule has 0 saturated carbocycles. The lowest BCUT2D eigenvalue weighted by Crippen LogP contribution is -2.14. The molecule has 0 atom stereocenters. The zero-order chi connectivity index (χ0) is 37.8. The summed E-state index contributed by atoms with van der Waals surface area (Å²) < 4.78 is 0. The van der Waals surface area contributed by atoms with Crippen LogP contribution in [0.3, 0.4) is 0 Å². The van der Waals surface area contributed by atoms with Gasteiger partial charge in [0.25, 0.3) is 0 Å². The topological polar surface area (TPSA) is 0 Å². The van der Waals surface area contributed by atoms with Crippen molar-refractivity contribution in [2.75, 3.05) is 0 Å². The molecule has 0 saturated heterocycles. The lowest BCUT2D eigenvalue weighted by molar-refractivity contribution is 0.660. The van der Waals surface area contributed by atoms with Gasteiger partial charge in [-0.2, -0.15) is 0 Å². The van der Waals surface area contributed by atoms with E-state index in [2.05, 4.69) is 208 Å². The second-order valence-electron chi connectivity index (χ2n) is 16.4. The minimum Gasteiger partial charge on any atom is -0.0619 e. The van der Waals surface area contributed by atoms with Crippen molar-refractivity contribution in [3.05, 3.63) is 205 Å². The van der Waals surface area contributed by atoms with Gasteiger partial charge in [-0.25, -0.2) is 0 Å². The molecule has 0 heteroatoms. The van der Waals surface area contributed by atoms with Crippen molar-refractivity contribution < 1.29 is 0 Å². The van der Waals surface area contributed by atoms with Gasteiger partial charge < -0.3 is 0 Å². The molecule has 0 nitrogen and oxygen atoms in total. The fourth-order valence-corrected chi connectivity index (χ4v) is 10.2. The summed E-state index contributed by atoms with van der Waals surface area (Å²) in [5.74, 6) is 0. The van der Waals surface area contributed by atoms with E-state index in [0.29, 0.717) is 0 Å². The van der Waals surface area contributed by atoms with Crippen molar-refractivity contribution >= 4 is 64.6 Å². The molecule has 0 spiro atoms. The number of rotatable bonds is 3. The number of hydrogen-bond acceptors (Lipinski definition) is 0. The molecule has 0 bridgehead atoms. The van der Waals surface area contributed by atoms with Gasteiger partial charge in [-0.1, -0.05) is 184 Å². The van der Waals surface area contributed by atoms with Crippen LogP contribution in [0.25, 0.3) is 109 Å². The summed E-state index contributed by atoms with van der Waals surface area (Å²) in [4.78, 5) is 0. The maximum Gasteiger partial charge on any atom is 0.0159 e. The first-order valence-electron chi connectivity index (χ1n) is 20.1. The Morgan fingerprint density at radius 3 is 1.60 bits per heavy atom. The fraction of sp³-hybridized carbons (Fsp3) is 0.0526. The lowest BCUT2D eigenvalue weighted by Gasteiger charge is -2.22. The van der Waals surface area contributed by atoms with Gasteiger partial charge in [-0.05, 0) is 145 Å². The van der Waals surface area contributed by atoms with Crippen LogP contribution in [0.5, 0.6) is 0 Å². The largest absolute Gasteiger partial charge is 0.0619 e. The summed E-state index contributed by atoms with van der Waals surface area (Å²) in [7, 11) is 0. The van der Waals surface area contributed by atoms with E-state index in [-0.39, 0.29) is 5.41 Å². The Morgan fingerprint density at radius 2 is 0.772 bits per heavy atom. The monoisotopic (exact) mass is 722 g/mol. The van der Waals surface area contributed by atoms with Crippen LogP contribution in [-0.2, 0) is 5.41 Å². The third kappa shape index (κ3) is 4.74. The average Bonchev–Trinajstić information content (AvgIpc) is 3.50. The van der Waals surface area contributed by atoms with E-state index in [4.69, 9.17) is 0 Å². The van der Waals surface area contributed by atoms with Gasteiger partial charge >= 0.3 is 0 Å². The molecule has 266 valence electrons. The van der Waals surface area contributed by atoms with Gasteiger partial charge in [0.2, 0.25) is 0 Å². The Bertz CT molecular complexity index is 3490. The van der Waals surface area contributed by atoms with Crippen molar-refractivity contribution in [3.63, 3.8) is 0 Å². The Labute approximate surface area is 332 Å². The van der Waals surface area contributed by atoms with Crippen LogP contribution >= 0.6 is 0 Å².